The highest BCUT2D eigenvalue weighted by molar-refractivity contribution is 6.07. The molecule has 9 nitrogen and oxygen atoms in total. The van der Waals surface area contributed by atoms with Gasteiger partial charge in [0.2, 0.25) is 0 Å². The third-order valence-corrected chi connectivity index (χ3v) is 3.97. The van der Waals surface area contributed by atoms with Gasteiger partial charge >= 0.3 is 18.0 Å². The molecule has 1 aromatic rings. The molecule has 146 valence electrons. The fourth-order valence-electron chi connectivity index (χ4n) is 2.75. The van der Waals surface area contributed by atoms with Crippen LogP contribution in [-0.4, -0.2) is 71.1 Å². The molecule has 0 saturated carbocycles. The summed E-state index contributed by atoms with van der Waals surface area (Å²) in [6.45, 7) is 2.60. The van der Waals surface area contributed by atoms with Gasteiger partial charge in [-0.1, -0.05) is 12.1 Å². The van der Waals surface area contributed by atoms with Crippen molar-refractivity contribution in [2.75, 3.05) is 26.3 Å². The first kappa shape index (κ1) is 20.2. The quantitative estimate of drug-likeness (QED) is 0.523. The summed E-state index contributed by atoms with van der Waals surface area (Å²) in [5.74, 6) is -1.88. The third kappa shape index (κ3) is 4.96. The molecule has 1 fully saturated rings. The van der Waals surface area contributed by atoms with E-state index in [0.29, 0.717) is 5.56 Å². The second-order valence-corrected chi connectivity index (χ2v) is 5.83. The van der Waals surface area contributed by atoms with E-state index in [1.54, 1.807) is 26.0 Å². The smallest absolute Gasteiger partial charge is 0.328 e. The van der Waals surface area contributed by atoms with Gasteiger partial charge in [-0.25, -0.2) is 4.79 Å². The Labute approximate surface area is 156 Å². The minimum atomic E-state index is -0.958. The van der Waals surface area contributed by atoms with Crippen molar-refractivity contribution < 1.29 is 33.8 Å². The summed E-state index contributed by atoms with van der Waals surface area (Å²) in [6.07, 6.45) is 0.129. The molecular weight excluding hydrogens is 356 g/mol. The van der Waals surface area contributed by atoms with E-state index in [1.165, 1.54) is 12.1 Å². The van der Waals surface area contributed by atoms with Crippen LogP contribution >= 0.6 is 0 Å². The number of rotatable bonds is 8. The molecule has 1 aromatic carbocycles. The zero-order chi connectivity index (χ0) is 20.0. The molecule has 3 amide bonds. The van der Waals surface area contributed by atoms with E-state index < -0.39 is 43.0 Å². The van der Waals surface area contributed by atoms with E-state index in [1.807, 2.05) is 0 Å². The maximum absolute atomic E-state index is 12.7. The highest BCUT2D eigenvalue weighted by Crippen LogP contribution is 2.22. The van der Waals surface area contributed by atoms with E-state index >= 15 is 0 Å². The topological polar surface area (TPSA) is 113 Å². The van der Waals surface area contributed by atoms with Crippen LogP contribution in [0.4, 0.5) is 4.79 Å². The Morgan fingerprint density at radius 1 is 1.00 bits per heavy atom. The number of hydrogen-bond acceptors (Lipinski definition) is 7. The van der Waals surface area contributed by atoms with Crippen molar-refractivity contribution in [2.24, 2.45) is 0 Å². The number of urea groups is 1. The van der Waals surface area contributed by atoms with Gasteiger partial charge in [-0.3, -0.25) is 19.3 Å². The number of phenols is 1. The predicted octanol–water partition coefficient (Wildman–Crippen LogP) is 0.694. The van der Waals surface area contributed by atoms with Crippen LogP contribution in [0.15, 0.2) is 24.3 Å². The van der Waals surface area contributed by atoms with Crippen molar-refractivity contribution in [1.29, 1.82) is 0 Å². The van der Waals surface area contributed by atoms with Crippen molar-refractivity contribution >= 4 is 23.9 Å². The summed E-state index contributed by atoms with van der Waals surface area (Å²) < 4.78 is 9.67. The van der Waals surface area contributed by atoms with Crippen molar-refractivity contribution in [3.05, 3.63) is 29.8 Å². The lowest BCUT2D eigenvalue weighted by atomic mass is 10.0. The van der Waals surface area contributed by atoms with Crippen molar-refractivity contribution in [3.8, 4) is 5.75 Å². The molecule has 1 heterocycles. The van der Waals surface area contributed by atoms with Gasteiger partial charge in [0, 0.05) is 6.42 Å². The number of ether oxygens (including phenoxy) is 2. The molecule has 1 atom stereocenters. The highest BCUT2D eigenvalue weighted by Gasteiger charge is 2.46. The van der Waals surface area contributed by atoms with Crippen molar-refractivity contribution in [2.45, 2.75) is 26.3 Å². The molecule has 0 aliphatic carbocycles. The van der Waals surface area contributed by atoms with E-state index in [0.717, 1.165) is 9.80 Å². The molecule has 0 bridgehead atoms. The molecule has 27 heavy (non-hydrogen) atoms. The number of benzene rings is 1. The number of carbonyl (C=O) groups excluding carboxylic acids is 4. The summed E-state index contributed by atoms with van der Waals surface area (Å²) in [4.78, 5) is 50.8. The average molecular weight is 378 g/mol. The van der Waals surface area contributed by atoms with Gasteiger partial charge in [-0.05, 0) is 31.5 Å². The summed E-state index contributed by atoms with van der Waals surface area (Å²) in [5, 5.41) is 9.38. The fourth-order valence-corrected chi connectivity index (χ4v) is 2.75. The third-order valence-electron chi connectivity index (χ3n) is 3.97. The standard InChI is InChI=1S/C18H22N2O7/c1-3-26-15(22)10-19-14(9-12-5-7-13(21)8-6-12)17(24)20(18(19)25)11-16(23)27-4-2/h5-8,14,21H,3-4,9-11H2,1-2H3/t14-/m1/s1. The molecule has 0 unspecified atom stereocenters. The lowest BCUT2D eigenvalue weighted by Crippen LogP contribution is -2.41. The Morgan fingerprint density at radius 2 is 1.56 bits per heavy atom. The molecule has 9 heteroatoms. The number of amides is 3. The Kier molecular flexibility index (Phi) is 6.75. The summed E-state index contributed by atoms with van der Waals surface area (Å²) in [5.41, 5.74) is 0.686. The zero-order valence-corrected chi connectivity index (χ0v) is 15.2. The number of carbonyl (C=O) groups is 4. The van der Waals surface area contributed by atoms with Crippen LogP contribution in [0.3, 0.4) is 0 Å². The second kappa shape index (κ2) is 9.02. The minimum absolute atomic E-state index is 0.0693. The Bertz CT molecular complexity index is 717. The second-order valence-electron chi connectivity index (χ2n) is 5.83. The van der Waals surface area contributed by atoms with Crippen LogP contribution in [0, 0.1) is 0 Å². The number of esters is 2. The Morgan fingerprint density at radius 3 is 2.11 bits per heavy atom. The van der Waals surface area contributed by atoms with Crippen molar-refractivity contribution in [1.82, 2.24) is 9.80 Å². The molecule has 0 spiro atoms. The normalized spacial score (nSPS) is 16.6. The molecule has 2 rings (SSSR count). The summed E-state index contributed by atoms with van der Waals surface area (Å²) in [7, 11) is 0. The minimum Gasteiger partial charge on any atom is -0.508 e. The number of hydrogen-bond donors (Lipinski definition) is 1. The molecule has 0 radical (unpaired) electrons. The monoisotopic (exact) mass is 378 g/mol. The number of phenolic OH excluding ortho intramolecular Hbond substituents is 1. The molecule has 1 N–H and O–H groups in total. The first-order valence-corrected chi connectivity index (χ1v) is 8.58. The maximum atomic E-state index is 12.7. The van der Waals surface area contributed by atoms with E-state index in [9.17, 15) is 24.3 Å². The van der Waals surface area contributed by atoms with Gasteiger partial charge in [0.25, 0.3) is 5.91 Å². The Balaban J connectivity index is 2.23. The fraction of sp³-hybridized carbons (Fsp3) is 0.444. The van der Waals surface area contributed by atoms with Gasteiger partial charge in [0.1, 0.15) is 24.9 Å². The van der Waals surface area contributed by atoms with Crippen LogP contribution in [0.25, 0.3) is 0 Å². The van der Waals surface area contributed by atoms with E-state index in [-0.39, 0.29) is 25.4 Å². The maximum Gasteiger partial charge on any atom is 0.328 e. The predicted molar refractivity (Wildman–Crippen MR) is 92.7 cm³/mol. The highest BCUT2D eigenvalue weighted by atomic mass is 16.5. The van der Waals surface area contributed by atoms with E-state index in [4.69, 9.17) is 9.47 Å². The van der Waals surface area contributed by atoms with Crippen LogP contribution in [-0.2, 0) is 30.3 Å². The Hall–Kier alpha value is -3.10. The number of nitrogens with zero attached hydrogens (tertiary/aromatic N) is 2. The molecule has 0 aromatic heterocycles. The lowest BCUT2D eigenvalue weighted by Gasteiger charge is -2.20. The first-order chi connectivity index (χ1) is 12.9. The van der Waals surface area contributed by atoms with E-state index in [2.05, 4.69) is 0 Å². The van der Waals surface area contributed by atoms with Crippen LogP contribution in [0.5, 0.6) is 5.75 Å². The molecule has 1 saturated heterocycles. The first-order valence-electron chi connectivity index (χ1n) is 8.58. The summed E-state index contributed by atoms with van der Waals surface area (Å²) >= 11 is 0. The largest absolute Gasteiger partial charge is 0.508 e. The van der Waals surface area contributed by atoms with Crippen LogP contribution in [0.2, 0.25) is 0 Å². The average Bonchev–Trinajstić information content (AvgIpc) is 2.82. The molecule has 1 aliphatic rings. The molecular formula is C18H22N2O7. The van der Waals surface area contributed by atoms with Gasteiger partial charge in [-0.2, -0.15) is 0 Å². The summed E-state index contributed by atoms with van der Waals surface area (Å²) in [6, 6.07) is 4.45. The van der Waals surface area contributed by atoms with Gasteiger partial charge in [0.05, 0.1) is 13.2 Å². The zero-order valence-electron chi connectivity index (χ0n) is 15.2. The number of imide groups is 1. The number of aromatic hydroxyl groups is 1. The lowest BCUT2D eigenvalue weighted by molar-refractivity contribution is -0.147. The van der Waals surface area contributed by atoms with Crippen molar-refractivity contribution in [3.63, 3.8) is 0 Å². The van der Waals surface area contributed by atoms with Gasteiger partial charge < -0.3 is 19.5 Å². The SMILES string of the molecule is CCOC(=O)CN1C(=O)[C@@H](Cc2ccc(O)cc2)N(CC(=O)OCC)C1=O. The van der Waals surface area contributed by atoms with Gasteiger partial charge in [0.15, 0.2) is 0 Å². The van der Waals surface area contributed by atoms with Crippen LogP contribution < -0.4 is 0 Å². The van der Waals surface area contributed by atoms with Gasteiger partial charge in [-0.15, -0.1) is 0 Å². The molecule has 1 aliphatic heterocycles. The van der Waals surface area contributed by atoms with Crippen LogP contribution in [0.1, 0.15) is 19.4 Å².